The van der Waals surface area contributed by atoms with Gasteiger partial charge in [0.25, 0.3) is 5.91 Å². The van der Waals surface area contributed by atoms with Gasteiger partial charge >= 0.3 is 0 Å². The summed E-state index contributed by atoms with van der Waals surface area (Å²) in [6, 6.07) is 0. The molecule has 0 aliphatic carbocycles. The molecule has 0 aliphatic heterocycles. The molecule has 1 amide bonds. The van der Waals surface area contributed by atoms with Gasteiger partial charge in [-0.3, -0.25) is 9.48 Å². The van der Waals surface area contributed by atoms with Crippen LogP contribution < -0.4 is 11.1 Å². The first kappa shape index (κ1) is 14.5. The lowest BCUT2D eigenvalue weighted by Crippen LogP contribution is -2.30. The molecular formula is C10H18N4O3S. The predicted octanol–water partition coefficient (Wildman–Crippen LogP) is -0.350. The summed E-state index contributed by atoms with van der Waals surface area (Å²) >= 11 is 0. The average molecular weight is 274 g/mol. The van der Waals surface area contributed by atoms with Gasteiger partial charge in [-0.2, -0.15) is 5.10 Å². The lowest BCUT2D eigenvalue weighted by atomic mass is 10.3. The van der Waals surface area contributed by atoms with Crippen molar-refractivity contribution >= 4 is 21.4 Å². The minimum absolute atomic E-state index is 0.0629. The zero-order valence-electron chi connectivity index (χ0n) is 10.5. The van der Waals surface area contributed by atoms with Crippen molar-refractivity contribution in [2.45, 2.75) is 20.4 Å². The van der Waals surface area contributed by atoms with E-state index >= 15 is 0 Å². The highest BCUT2D eigenvalue weighted by Gasteiger charge is 2.15. The number of carbonyl (C=O) groups excluding carboxylic acids is 1. The number of anilines is 1. The molecule has 0 unspecified atom stereocenters. The maximum Gasteiger partial charge on any atom is 0.273 e. The number of nitrogens with zero attached hydrogens (tertiary/aromatic N) is 2. The van der Waals surface area contributed by atoms with E-state index in [1.54, 1.807) is 17.8 Å². The van der Waals surface area contributed by atoms with Gasteiger partial charge in [0.15, 0.2) is 15.5 Å². The van der Waals surface area contributed by atoms with Crippen LogP contribution in [0.2, 0.25) is 0 Å². The smallest absolute Gasteiger partial charge is 0.273 e. The Morgan fingerprint density at radius 3 is 2.67 bits per heavy atom. The van der Waals surface area contributed by atoms with E-state index in [1.165, 1.54) is 0 Å². The molecule has 0 saturated carbocycles. The Morgan fingerprint density at radius 1 is 1.50 bits per heavy atom. The summed E-state index contributed by atoms with van der Waals surface area (Å²) in [5.74, 6) is -0.468. The second kappa shape index (κ2) is 5.85. The fraction of sp³-hybridized carbons (Fsp3) is 0.600. The van der Waals surface area contributed by atoms with E-state index < -0.39 is 15.7 Å². The predicted molar refractivity (Wildman–Crippen MR) is 69.0 cm³/mol. The van der Waals surface area contributed by atoms with E-state index in [9.17, 15) is 13.2 Å². The van der Waals surface area contributed by atoms with E-state index in [1.807, 2.05) is 6.92 Å². The van der Waals surface area contributed by atoms with Crippen LogP contribution >= 0.6 is 0 Å². The van der Waals surface area contributed by atoms with Gasteiger partial charge in [-0.25, -0.2) is 8.42 Å². The number of rotatable bonds is 6. The molecule has 1 heterocycles. The Hall–Kier alpha value is -1.57. The van der Waals surface area contributed by atoms with Crippen LogP contribution in [0.25, 0.3) is 0 Å². The van der Waals surface area contributed by atoms with Gasteiger partial charge in [-0.15, -0.1) is 0 Å². The minimum Gasteiger partial charge on any atom is -0.396 e. The molecule has 0 spiro atoms. The normalized spacial score (nSPS) is 11.4. The number of amides is 1. The molecule has 1 aromatic heterocycles. The standard InChI is InChI=1S/C10H18N4O3S/c1-3-14-7-8(11)9(13-14)10(15)12-5-6-18(16,17)4-2/h7H,3-6,11H2,1-2H3,(H,12,15). The maximum absolute atomic E-state index is 11.7. The van der Waals surface area contributed by atoms with Gasteiger partial charge in [-0.05, 0) is 6.92 Å². The molecule has 0 saturated heterocycles. The number of hydrogen-bond donors (Lipinski definition) is 2. The van der Waals surface area contributed by atoms with Gasteiger partial charge in [0.1, 0.15) is 0 Å². The third-order valence-corrected chi connectivity index (χ3v) is 4.17. The van der Waals surface area contributed by atoms with Crippen molar-refractivity contribution in [2.75, 3.05) is 23.8 Å². The highest BCUT2D eigenvalue weighted by Crippen LogP contribution is 2.08. The van der Waals surface area contributed by atoms with Crippen molar-refractivity contribution in [3.8, 4) is 0 Å². The van der Waals surface area contributed by atoms with Crippen LogP contribution in [0.15, 0.2) is 6.20 Å². The van der Waals surface area contributed by atoms with Crippen molar-refractivity contribution in [1.82, 2.24) is 15.1 Å². The number of aryl methyl sites for hydroxylation is 1. The summed E-state index contributed by atoms with van der Waals surface area (Å²) in [5, 5.41) is 6.49. The molecule has 0 bridgehead atoms. The topological polar surface area (TPSA) is 107 Å². The van der Waals surface area contributed by atoms with Gasteiger partial charge in [-0.1, -0.05) is 6.92 Å². The number of carbonyl (C=O) groups is 1. The molecule has 0 aromatic carbocycles. The van der Waals surface area contributed by atoms with Gasteiger partial charge in [0.2, 0.25) is 0 Å². The van der Waals surface area contributed by atoms with Gasteiger partial charge < -0.3 is 11.1 Å². The molecule has 1 rings (SSSR count). The second-order valence-corrected chi connectivity index (χ2v) is 6.25. The SMILES string of the molecule is CCn1cc(N)c(C(=O)NCCS(=O)(=O)CC)n1. The molecule has 0 atom stereocenters. The molecular weight excluding hydrogens is 256 g/mol. The first-order valence-electron chi connectivity index (χ1n) is 5.71. The van der Waals surface area contributed by atoms with Crippen LogP contribution in [-0.4, -0.2) is 42.2 Å². The Morgan fingerprint density at radius 2 is 2.17 bits per heavy atom. The molecule has 3 N–H and O–H groups in total. The molecule has 7 nitrogen and oxygen atoms in total. The third-order valence-electron chi connectivity index (χ3n) is 2.47. The fourth-order valence-corrected chi connectivity index (χ4v) is 2.03. The van der Waals surface area contributed by atoms with E-state index in [0.29, 0.717) is 6.54 Å². The lowest BCUT2D eigenvalue weighted by molar-refractivity contribution is 0.0951. The largest absolute Gasteiger partial charge is 0.396 e. The highest BCUT2D eigenvalue weighted by atomic mass is 32.2. The first-order valence-corrected chi connectivity index (χ1v) is 7.53. The molecule has 0 radical (unpaired) electrons. The summed E-state index contributed by atoms with van der Waals surface area (Å²) in [7, 11) is -3.08. The van der Waals surface area contributed by atoms with E-state index in [0.717, 1.165) is 0 Å². The zero-order valence-corrected chi connectivity index (χ0v) is 11.3. The number of hydrogen-bond acceptors (Lipinski definition) is 5. The molecule has 8 heteroatoms. The quantitative estimate of drug-likeness (QED) is 0.737. The Kier molecular flexibility index (Phi) is 4.71. The van der Waals surface area contributed by atoms with Crippen molar-refractivity contribution in [1.29, 1.82) is 0 Å². The monoisotopic (exact) mass is 274 g/mol. The van der Waals surface area contributed by atoms with Gasteiger partial charge in [0.05, 0.1) is 11.4 Å². The Balaban J connectivity index is 2.58. The average Bonchev–Trinajstić information content (AvgIpc) is 2.70. The molecule has 0 aliphatic rings. The molecule has 1 aromatic rings. The van der Waals surface area contributed by atoms with Crippen molar-refractivity contribution in [2.24, 2.45) is 0 Å². The highest BCUT2D eigenvalue weighted by molar-refractivity contribution is 7.91. The molecule has 18 heavy (non-hydrogen) atoms. The summed E-state index contributed by atoms with van der Waals surface area (Å²) in [6.07, 6.45) is 1.57. The molecule has 102 valence electrons. The van der Waals surface area contributed by atoms with Crippen LogP contribution in [0.1, 0.15) is 24.3 Å². The summed E-state index contributed by atoms with van der Waals surface area (Å²) in [5.41, 5.74) is 6.05. The number of nitrogens with two attached hydrogens (primary N) is 1. The van der Waals surface area contributed by atoms with Crippen molar-refractivity contribution < 1.29 is 13.2 Å². The minimum atomic E-state index is -3.08. The Labute approximate surface area is 106 Å². The summed E-state index contributed by atoms with van der Waals surface area (Å²) in [4.78, 5) is 11.7. The van der Waals surface area contributed by atoms with Crippen LogP contribution in [0, 0.1) is 0 Å². The number of nitrogens with one attached hydrogen (secondary N) is 1. The number of nitrogen functional groups attached to an aromatic ring is 1. The summed E-state index contributed by atoms with van der Waals surface area (Å²) in [6.45, 7) is 4.12. The van der Waals surface area contributed by atoms with E-state index in [-0.39, 0.29) is 29.4 Å². The van der Waals surface area contributed by atoms with Gasteiger partial charge in [0, 0.05) is 25.0 Å². The first-order chi connectivity index (χ1) is 8.39. The van der Waals surface area contributed by atoms with E-state index in [2.05, 4.69) is 10.4 Å². The fourth-order valence-electron chi connectivity index (χ4n) is 1.32. The second-order valence-electron chi connectivity index (χ2n) is 3.78. The van der Waals surface area contributed by atoms with E-state index in [4.69, 9.17) is 5.73 Å². The Bertz CT molecular complexity index is 521. The van der Waals surface area contributed by atoms with Crippen molar-refractivity contribution in [3.63, 3.8) is 0 Å². The van der Waals surface area contributed by atoms with Crippen LogP contribution in [-0.2, 0) is 16.4 Å². The number of aromatic nitrogens is 2. The van der Waals surface area contributed by atoms with Crippen LogP contribution in [0.4, 0.5) is 5.69 Å². The van der Waals surface area contributed by atoms with Crippen molar-refractivity contribution in [3.05, 3.63) is 11.9 Å². The zero-order chi connectivity index (χ0) is 13.8. The molecule has 0 fully saturated rings. The number of sulfone groups is 1. The lowest BCUT2D eigenvalue weighted by Gasteiger charge is -2.03. The van der Waals surface area contributed by atoms with Crippen LogP contribution in [0.3, 0.4) is 0 Å². The summed E-state index contributed by atoms with van der Waals surface area (Å²) < 4.78 is 24.0. The van der Waals surface area contributed by atoms with Crippen LogP contribution in [0.5, 0.6) is 0 Å². The third kappa shape index (κ3) is 3.73. The maximum atomic E-state index is 11.7.